The Morgan fingerprint density at radius 3 is 2.17 bits per heavy atom. The molecule has 0 spiro atoms. The van der Waals surface area contributed by atoms with Crippen LogP contribution >= 0.6 is 0 Å². The van der Waals surface area contributed by atoms with Crippen LogP contribution in [-0.4, -0.2) is 0 Å². The van der Waals surface area contributed by atoms with Crippen LogP contribution in [-0.2, 0) is 32.6 Å². The largest absolute Gasteiger partial charge is 3.00 e. The summed E-state index contributed by atoms with van der Waals surface area (Å²) in [6, 6.07) is 20.2. The minimum Gasteiger partial charge on any atom is -0.358 e. The smallest absolute Gasteiger partial charge is 0.358 e. The summed E-state index contributed by atoms with van der Waals surface area (Å²) in [7, 11) is 0. The van der Waals surface area contributed by atoms with Crippen LogP contribution in [0, 0.1) is 14.9 Å². The number of hydrogen-bond donors (Lipinski definition) is 0. The predicted octanol–water partition coefficient (Wildman–Crippen LogP) is 6.81. The normalized spacial score (nSPS) is 9.91. The molecule has 0 bridgehead atoms. The first kappa shape index (κ1) is 21.9. The van der Waals surface area contributed by atoms with Crippen LogP contribution in [0.15, 0.2) is 54.6 Å². The molecule has 0 N–H and O–H groups in total. The van der Waals surface area contributed by atoms with Crippen molar-refractivity contribution in [2.75, 3.05) is 0 Å². The van der Waals surface area contributed by atoms with Gasteiger partial charge in [-0.1, -0.05) is 56.7 Å². The maximum absolute atomic E-state index is 2.35. The first-order valence-corrected chi connectivity index (χ1v) is 7.47. The third-order valence-corrected chi connectivity index (χ3v) is 4.11. The number of benzene rings is 2. The van der Waals surface area contributed by atoms with Gasteiger partial charge in [-0.3, -0.25) is 0 Å². The van der Waals surface area contributed by atoms with Crippen molar-refractivity contribution in [1.29, 1.82) is 0 Å². The van der Waals surface area contributed by atoms with E-state index in [9.17, 15) is 0 Å². The molecule has 0 heterocycles. The van der Waals surface area contributed by atoms with Crippen LogP contribution in [0.1, 0.15) is 37.8 Å². The summed E-state index contributed by atoms with van der Waals surface area (Å²) in [6.45, 7) is 6.70. The van der Waals surface area contributed by atoms with E-state index >= 15 is 0 Å². The molecule has 0 atom stereocenters. The molecule has 0 aliphatic carbocycles. The topological polar surface area (TPSA) is 0 Å². The Balaban J connectivity index is 0.00000161. The molecule has 0 aromatic heterocycles. The molecule has 0 saturated carbocycles. The zero-order valence-corrected chi connectivity index (χ0v) is 17.4. The Bertz CT molecular complexity index is 717. The van der Waals surface area contributed by atoms with Gasteiger partial charge in [0.15, 0.2) is 0 Å². The van der Waals surface area contributed by atoms with E-state index in [4.69, 9.17) is 0 Å². The monoisotopic (exact) mass is 381 g/mol. The van der Waals surface area contributed by atoms with Gasteiger partial charge in [0, 0.05) is 0 Å². The molecule has 23 heavy (non-hydrogen) atoms. The van der Waals surface area contributed by atoms with Crippen LogP contribution in [0.2, 0.25) is 0 Å². The van der Waals surface area contributed by atoms with Gasteiger partial charge < -0.3 is 14.9 Å². The SMILES string of the molecule is CCc1ccc(-c2cccc3[cH-]c(C(C)C)cc23)cc1.[CH3-].[CH3-].[Zr+3]. The van der Waals surface area contributed by atoms with Gasteiger partial charge in [-0.15, -0.1) is 34.5 Å². The second-order valence-corrected chi connectivity index (χ2v) is 5.80. The van der Waals surface area contributed by atoms with Crippen molar-refractivity contribution in [2.45, 2.75) is 33.1 Å². The second-order valence-electron chi connectivity index (χ2n) is 5.80. The predicted molar refractivity (Wildman–Crippen MR) is 101 cm³/mol. The van der Waals surface area contributed by atoms with Crippen LogP contribution in [0.5, 0.6) is 0 Å². The van der Waals surface area contributed by atoms with Gasteiger partial charge in [0.1, 0.15) is 0 Å². The van der Waals surface area contributed by atoms with Gasteiger partial charge in [-0.05, 0) is 23.5 Å². The van der Waals surface area contributed by atoms with Gasteiger partial charge in [0.25, 0.3) is 0 Å². The molecule has 1 heteroatoms. The number of hydrogen-bond acceptors (Lipinski definition) is 0. The summed E-state index contributed by atoms with van der Waals surface area (Å²) in [6.07, 6.45) is 1.10. The van der Waals surface area contributed by atoms with Crippen molar-refractivity contribution in [2.24, 2.45) is 0 Å². The van der Waals surface area contributed by atoms with E-state index in [2.05, 4.69) is 75.4 Å². The zero-order chi connectivity index (χ0) is 14.1. The number of aryl methyl sites for hydroxylation is 1. The Kier molecular flexibility index (Phi) is 8.85. The molecule has 0 unspecified atom stereocenters. The summed E-state index contributed by atoms with van der Waals surface area (Å²) >= 11 is 0. The van der Waals surface area contributed by atoms with E-state index in [1.54, 1.807) is 0 Å². The Morgan fingerprint density at radius 2 is 1.61 bits per heavy atom. The molecule has 0 fully saturated rings. The van der Waals surface area contributed by atoms with Crippen LogP contribution in [0.4, 0.5) is 0 Å². The summed E-state index contributed by atoms with van der Waals surface area (Å²) in [5, 5.41) is 2.73. The van der Waals surface area contributed by atoms with Crippen LogP contribution < -0.4 is 0 Å². The second kappa shape index (κ2) is 9.28. The van der Waals surface area contributed by atoms with E-state index in [1.807, 2.05) is 0 Å². The first-order valence-electron chi connectivity index (χ1n) is 7.47. The van der Waals surface area contributed by atoms with Crippen molar-refractivity contribution in [3.63, 3.8) is 0 Å². The molecule has 3 aromatic rings. The van der Waals surface area contributed by atoms with Gasteiger partial charge >= 0.3 is 26.2 Å². The summed E-state index contributed by atoms with van der Waals surface area (Å²) in [5.41, 5.74) is 5.48. The molecular weight excluding hydrogens is 355 g/mol. The molecular formula is C22H27Zr. The summed E-state index contributed by atoms with van der Waals surface area (Å²) in [4.78, 5) is 0. The molecule has 3 aromatic carbocycles. The first-order chi connectivity index (χ1) is 9.69. The van der Waals surface area contributed by atoms with E-state index in [-0.39, 0.29) is 41.1 Å². The third kappa shape index (κ3) is 4.48. The molecule has 0 aliphatic rings. The standard InChI is InChI=1S/C20H21.2CH3.Zr/c1-4-15-8-10-16(11-9-15)19-7-5-6-17-12-18(14(2)3)13-20(17)19;;;/h5-14H,4H2,1-3H3;2*1H3;/q3*-1;+3. The van der Waals surface area contributed by atoms with E-state index in [1.165, 1.54) is 33.0 Å². The zero-order valence-electron chi connectivity index (χ0n) is 15.0. The average molecular weight is 383 g/mol. The van der Waals surface area contributed by atoms with Crippen molar-refractivity contribution in [3.8, 4) is 11.1 Å². The van der Waals surface area contributed by atoms with Gasteiger partial charge in [0.05, 0.1) is 0 Å². The van der Waals surface area contributed by atoms with Crippen molar-refractivity contribution in [1.82, 2.24) is 0 Å². The summed E-state index contributed by atoms with van der Waals surface area (Å²) in [5.74, 6) is 0.581. The minimum atomic E-state index is 0. The minimum absolute atomic E-state index is 0. The van der Waals surface area contributed by atoms with Gasteiger partial charge in [0.2, 0.25) is 0 Å². The fourth-order valence-corrected chi connectivity index (χ4v) is 2.76. The molecule has 0 saturated heterocycles. The fraction of sp³-hybridized carbons (Fsp3) is 0.227. The molecule has 0 aliphatic heterocycles. The Hall–Kier alpha value is -1.07. The molecule has 0 nitrogen and oxygen atoms in total. The van der Waals surface area contributed by atoms with Crippen LogP contribution in [0.25, 0.3) is 21.9 Å². The number of fused-ring (bicyclic) bond motifs is 1. The average Bonchev–Trinajstić information content (AvgIpc) is 2.91. The van der Waals surface area contributed by atoms with Gasteiger partial charge in [-0.2, -0.15) is 6.07 Å². The quantitative estimate of drug-likeness (QED) is 0.436. The molecule has 0 amide bonds. The van der Waals surface area contributed by atoms with Crippen molar-refractivity contribution < 1.29 is 26.2 Å². The molecule has 1 radical (unpaired) electrons. The molecule has 3 rings (SSSR count). The Morgan fingerprint density at radius 1 is 0.957 bits per heavy atom. The van der Waals surface area contributed by atoms with E-state index in [0.29, 0.717) is 5.92 Å². The van der Waals surface area contributed by atoms with Crippen molar-refractivity contribution in [3.05, 3.63) is 80.6 Å². The van der Waals surface area contributed by atoms with E-state index < -0.39 is 0 Å². The fourth-order valence-electron chi connectivity index (χ4n) is 2.76. The number of rotatable bonds is 3. The van der Waals surface area contributed by atoms with Crippen molar-refractivity contribution >= 4 is 10.8 Å². The van der Waals surface area contributed by atoms with Gasteiger partial charge in [-0.25, -0.2) is 0 Å². The summed E-state index contributed by atoms with van der Waals surface area (Å²) < 4.78 is 0. The Labute approximate surface area is 161 Å². The maximum Gasteiger partial charge on any atom is 3.00 e. The maximum atomic E-state index is 2.35. The van der Waals surface area contributed by atoms with Crippen LogP contribution in [0.3, 0.4) is 0 Å². The third-order valence-electron chi connectivity index (χ3n) is 4.11. The van der Waals surface area contributed by atoms with E-state index in [0.717, 1.165) is 6.42 Å². The molecule has 119 valence electrons.